The van der Waals surface area contributed by atoms with Crippen molar-refractivity contribution in [2.45, 2.75) is 38.8 Å². The molecule has 1 unspecified atom stereocenters. The first-order chi connectivity index (χ1) is 10.1. The van der Waals surface area contributed by atoms with Gasteiger partial charge in [0.1, 0.15) is 0 Å². The second-order valence-electron chi connectivity index (χ2n) is 6.06. The molecule has 21 heavy (non-hydrogen) atoms. The molecule has 0 aliphatic carbocycles. The predicted molar refractivity (Wildman–Crippen MR) is 83.8 cm³/mol. The number of amides is 1. The van der Waals surface area contributed by atoms with E-state index in [9.17, 15) is 9.90 Å². The van der Waals surface area contributed by atoms with Crippen molar-refractivity contribution in [1.82, 2.24) is 10.2 Å². The zero-order chi connectivity index (χ0) is 15.2. The maximum atomic E-state index is 12.4. The number of rotatable bonds is 5. The Balaban J connectivity index is 1.89. The van der Waals surface area contributed by atoms with Gasteiger partial charge in [0.25, 0.3) is 0 Å². The van der Waals surface area contributed by atoms with Crippen molar-refractivity contribution in [3.63, 3.8) is 0 Å². The van der Waals surface area contributed by atoms with Crippen molar-refractivity contribution in [1.29, 1.82) is 0 Å². The Hall–Kier alpha value is -1.39. The maximum absolute atomic E-state index is 12.4. The van der Waals surface area contributed by atoms with Gasteiger partial charge in [-0.2, -0.15) is 0 Å². The molecule has 1 atom stereocenters. The fraction of sp³-hybridized carbons (Fsp3) is 0.588. The van der Waals surface area contributed by atoms with Gasteiger partial charge in [-0.1, -0.05) is 30.3 Å². The summed E-state index contributed by atoms with van der Waals surface area (Å²) in [5.74, 6) is 0.138. The molecule has 1 aromatic carbocycles. The minimum Gasteiger partial charge on any atom is -0.394 e. The number of aliphatic hydroxyl groups is 1. The van der Waals surface area contributed by atoms with Gasteiger partial charge in [0.15, 0.2) is 0 Å². The highest BCUT2D eigenvalue weighted by Gasteiger charge is 2.27. The van der Waals surface area contributed by atoms with Crippen LogP contribution in [0.5, 0.6) is 0 Å². The Morgan fingerprint density at radius 2 is 1.90 bits per heavy atom. The number of carbonyl (C=O) groups is 1. The van der Waals surface area contributed by atoms with E-state index in [2.05, 4.69) is 24.1 Å². The van der Waals surface area contributed by atoms with Crippen LogP contribution in [0.15, 0.2) is 30.3 Å². The lowest BCUT2D eigenvalue weighted by Crippen LogP contribution is -2.44. The molecule has 0 bridgehead atoms. The number of hydrogen-bond donors (Lipinski definition) is 2. The third-order valence-corrected chi connectivity index (χ3v) is 4.33. The zero-order valence-electron chi connectivity index (χ0n) is 13.0. The molecule has 4 nitrogen and oxygen atoms in total. The quantitative estimate of drug-likeness (QED) is 0.871. The number of piperidine rings is 1. The molecule has 1 heterocycles. The lowest BCUT2D eigenvalue weighted by atomic mass is 9.94. The Morgan fingerprint density at radius 1 is 1.29 bits per heavy atom. The second-order valence-corrected chi connectivity index (χ2v) is 6.06. The third kappa shape index (κ3) is 4.29. The van der Waals surface area contributed by atoms with E-state index in [4.69, 9.17) is 0 Å². The van der Waals surface area contributed by atoms with E-state index in [1.807, 2.05) is 30.3 Å². The Bertz CT molecular complexity index is 439. The van der Waals surface area contributed by atoms with E-state index < -0.39 is 0 Å². The number of benzene rings is 1. The summed E-state index contributed by atoms with van der Waals surface area (Å²) in [5.41, 5.74) is 0.952. The minimum atomic E-state index is -0.304. The maximum Gasteiger partial charge on any atom is 0.223 e. The van der Waals surface area contributed by atoms with Crippen LogP contribution in [0.1, 0.15) is 38.3 Å². The molecule has 1 aromatic rings. The summed E-state index contributed by atoms with van der Waals surface area (Å²) in [6.45, 7) is 6.27. The molecule has 4 heteroatoms. The molecule has 116 valence electrons. The van der Waals surface area contributed by atoms with Crippen LogP contribution in [0.4, 0.5) is 0 Å². The molecule has 1 aliphatic rings. The number of likely N-dealkylation sites (tertiary alicyclic amines) is 1. The summed E-state index contributed by atoms with van der Waals surface area (Å²) in [6, 6.07) is 9.88. The average molecular weight is 290 g/mol. The first-order valence-electron chi connectivity index (χ1n) is 7.82. The van der Waals surface area contributed by atoms with Gasteiger partial charge in [-0.3, -0.25) is 4.79 Å². The number of nitrogens with one attached hydrogen (secondary N) is 1. The fourth-order valence-electron chi connectivity index (χ4n) is 2.89. The number of nitrogens with zero attached hydrogens (tertiary/aromatic N) is 1. The summed E-state index contributed by atoms with van der Waals surface area (Å²) in [5, 5.41) is 12.5. The van der Waals surface area contributed by atoms with Gasteiger partial charge in [-0.05, 0) is 45.3 Å². The van der Waals surface area contributed by atoms with Gasteiger partial charge in [0.05, 0.1) is 12.6 Å². The lowest BCUT2D eigenvalue weighted by Gasteiger charge is -2.34. The summed E-state index contributed by atoms with van der Waals surface area (Å²) >= 11 is 0. The highest BCUT2D eigenvalue weighted by Crippen LogP contribution is 2.20. The molecular weight excluding hydrogens is 264 g/mol. The molecule has 0 spiro atoms. The molecule has 1 saturated heterocycles. The summed E-state index contributed by atoms with van der Waals surface area (Å²) in [7, 11) is 0. The Morgan fingerprint density at radius 3 is 2.43 bits per heavy atom. The fourth-order valence-corrected chi connectivity index (χ4v) is 2.89. The normalized spacial score (nSPS) is 18.7. The SMILES string of the molecule is CC(C)N1CCC(C(=O)NC(CO)c2ccccc2)CC1. The van der Waals surface area contributed by atoms with Crippen LogP contribution in [0, 0.1) is 5.92 Å². The predicted octanol–water partition coefficient (Wildman–Crippen LogP) is 1.96. The van der Waals surface area contributed by atoms with Crippen LogP contribution in [0.2, 0.25) is 0 Å². The number of carbonyl (C=O) groups excluding carboxylic acids is 1. The average Bonchev–Trinajstić information content (AvgIpc) is 2.53. The second kappa shape index (κ2) is 7.57. The van der Waals surface area contributed by atoms with Crippen molar-refractivity contribution < 1.29 is 9.90 Å². The van der Waals surface area contributed by atoms with Crippen LogP contribution < -0.4 is 5.32 Å². The molecule has 0 radical (unpaired) electrons. The van der Waals surface area contributed by atoms with Crippen LogP contribution in [0.25, 0.3) is 0 Å². The number of aliphatic hydroxyl groups excluding tert-OH is 1. The van der Waals surface area contributed by atoms with E-state index in [0.717, 1.165) is 31.5 Å². The van der Waals surface area contributed by atoms with E-state index in [-0.39, 0.29) is 24.5 Å². The van der Waals surface area contributed by atoms with Crippen LogP contribution >= 0.6 is 0 Å². The number of hydrogen-bond acceptors (Lipinski definition) is 3. The highest BCUT2D eigenvalue weighted by molar-refractivity contribution is 5.79. The van der Waals surface area contributed by atoms with Crippen molar-refractivity contribution in [3.8, 4) is 0 Å². The smallest absolute Gasteiger partial charge is 0.223 e. The molecule has 2 N–H and O–H groups in total. The van der Waals surface area contributed by atoms with E-state index in [0.29, 0.717) is 6.04 Å². The molecule has 0 saturated carbocycles. The van der Waals surface area contributed by atoms with Gasteiger partial charge in [-0.15, -0.1) is 0 Å². The van der Waals surface area contributed by atoms with Crippen molar-refractivity contribution in [2.24, 2.45) is 5.92 Å². The zero-order valence-corrected chi connectivity index (χ0v) is 13.0. The van der Waals surface area contributed by atoms with Crippen LogP contribution in [-0.2, 0) is 4.79 Å². The molecule has 2 rings (SSSR count). The summed E-state index contributed by atoms with van der Waals surface area (Å²) in [4.78, 5) is 14.8. The van der Waals surface area contributed by atoms with Gasteiger partial charge >= 0.3 is 0 Å². The van der Waals surface area contributed by atoms with Crippen LogP contribution in [0.3, 0.4) is 0 Å². The van der Waals surface area contributed by atoms with Gasteiger partial charge in [0, 0.05) is 12.0 Å². The van der Waals surface area contributed by atoms with Crippen molar-refractivity contribution in [3.05, 3.63) is 35.9 Å². The first kappa shape index (κ1) is 16.0. The third-order valence-electron chi connectivity index (χ3n) is 4.33. The monoisotopic (exact) mass is 290 g/mol. The van der Waals surface area contributed by atoms with E-state index in [1.54, 1.807) is 0 Å². The largest absolute Gasteiger partial charge is 0.394 e. The standard InChI is InChI=1S/C17H26N2O2/c1-13(2)19-10-8-15(9-11-19)17(21)18-16(12-20)14-6-4-3-5-7-14/h3-7,13,15-16,20H,8-12H2,1-2H3,(H,18,21). The topological polar surface area (TPSA) is 52.6 Å². The van der Waals surface area contributed by atoms with Crippen LogP contribution in [-0.4, -0.2) is 41.7 Å². The van der Waals surface area contributed by atoms with Gasteiger partial charge < -0.3 is 15.3 Å². The van der Waals surface area contributed by atoms with Gasteiger partial charge in [0.2, 0.25) is 5.91 Å². The van der Waals surface area contributed by atoms with E-state index in [1.165, 1.54) is 0 Å². The molecule has 0 aromatic heterocycles. The molecule has 1 aliphatic heterocycles. The molecular formula is C17H26N2O2. The van der Waals surface area contributed by atoms with Crippen molar-refractivity contribution >= 4 is 5.91 Å². The van der Waals surface area contributed by atoms with Gasteiger partial charge in [-0.25, -0.2) is 0 Å². The molecule has 1 amide bonds. The molecule has 1 fully saturated rings. The Labute approximate surface area is 127 Å². The highest BCUT2D eigenvalue weighted by atomic mass is 16.3. The van der Waals surface area contributed by atoms with E-state index >= 15 is 0 Å². The summed E-state index contributed by atoms with van der Waals surface area (Å²) < 4.78 is 0. The lowest BCUT2D eigenvalue weighted by molar-refractivity contribution is -0.127. The first-order valence-corrected chi connectivity index (χ1v) is 7.82. The summed E-state index contributed by atoms with van der Waals surface area (Å²) in [6.07, 6.45) is 1.80. The minimum absolute atomic E-state index is 0.0674. The van der Waals surface area contributed by atoms with Crippen molar-refractivity contribution in [2.75, 3.05) is 19.7 Å². The Kier molecular flexibility index (Phi) is 5.76.